The van der Waals surface area contributed by atoms with Crippen LogP contribution in [0.2, 0.25) is 0 Å². The number of nitrogen functional groups attached to an aromatic ring is 1. The molecule has 0 aromatic carbocycles. The van der Waals surface area contributed by atoms with E-state index >= 15 is 0 Å². The topological polar surface area (TPSA) is 61.7 Å². The molecule has 2 aromatic rings. The lowest BCUT2D eigenvalue weighted by Gasteiger charge is -2.08. The van der Waals surface area contributed by atoms with Crippen LogP contribution in [0.3, 0.4) is 0 Å². The molecular weight excluding hydrogens is 214 g/mol. The summed E-state index contributed by atoms with van der Waals surface area (Å²) >= 11 is 0. The van der Waals surface area contributed by atoms with E-state index in [1.54, 1.807) is 6.33 Å². The third-order valence-corrected chi connectivity index (χ3v) is 2.88. The number of anilines is 1. The molecule has 0 bridgehead atoms. The van der Waals surface area contributed by atoms with Gasteiger partial charge in [0.25, 0.3) is 0 Å². The van der Waals surface area contributed by atoms with E-state index in [2.05, 4.69) is 30.9 Å². The molecule has 0 unspecified atom stereocenters. The highest BCUT2D eigenvalue weighted by Crippen LogP contribution is 2.28. The Bertz CT molecular complexity index is 521. The molecule has 92 valence electrons. The second-order valence-corrected chi connectivity index (χ2v) is 4.50. The first kappa shape index (κ1) is 11.7. The van der Waals surface area contributed by atoms with Gasteiger partial charge in [-0.2, -0.15) is 5.10 Å². The van der Waals surface area contributed by atoms with Crippen molar-refractivity contribution in [2.24, 2.45) is 7.05 Å². The highest BCUT2D eigenvalue weighted by molar-refractivity contribution is 5.71. The Morgan fingerprint density at radius 3 is 2.65 bits per heavy atom. The maximum Gasteiger partial charge on any atom is 0.131 e. The van der Waals surface area contributed by atoms with Crippen molar-refractivity contribution >= 4 is 5.82 Å². The van der Waals surface area contributed by atoms with Crippen molar-refractivity contribution < 1.29 is 0 Å². The molecule has 2 heterocycles. The molecule has 0 spiro atoms. The van der Waals surface area contributed by atoms with Crippen LogP contribution in [-0.4, -0.2) is 19.3 Å². The molecule has 0 saturated heterocycles. The van der Waals surface area contributed by atoms with E-state index in [4.69, 9.17) is 5.73 Å². The predicted octanol–water partition coefficient (Wildman–Crippen LogP) is 2.01. The van der Waals surface area contributed by atoms with Crippen LogP contribution in [0.1, 0.15) is 32.5 Å². The van der Waals surface area contributed by atoms with Gasteiger partial charge in [-0.25, -0.2) is 4.98 Å². The number of aryl methyl sites for hydroxylation is 2. The van der Waals surface area contributed by atoms with Gasteiger partial charge in [-0.05, 0) is 20.3 Å². The van der Waals surface area contributed by atoms with Gasteiger partial charge in [0.1, 0.15) is 11.5 Å². The Morgan fingerprint density at radius 1 is 1.41 bits per heavy atom. The summed E-state index contributed by atoms with van der Waals surface area (Å²) in [5, 5.41) is 4.41. The highest BCUT2D eigenvalue weighted by atomic mass is 15.3. The van der Waals surface area contributed by atoms with E-state index in [1.807, 2.05) is 22.5 Å². The smallest absolute Gasteiger partial charge is 0.131 e. The van der Waals surface area contributed by atoms with Crippen molar-refractivity contribution in [3.05, 3.63) is 18.2 Å². The van der Waals surface area contributed by atoms with Crippen molar-refractivity contribution in [2.45, 2.75) is 33.2 Å². The number of imidazole rings is 1. The number of nitrogens with two attached hydrogens (primary N) is 1. The van der Waals surface area contributed by atoms with E-state index < -0.39 is 0 Å². The summed E-state index contributed by atoms with van der Waals surface area (Å²) in [4.78, 5) is 4.41. The molecule has 0 aliphatic carbocycles. The van der Waals surface area contributed by atoms with Gasteiger partial charge in [0.2, 0.25) is 0 Å². The van der Waals surface area contributed by atoms with Gasteiger partial charge in [0.05, 0.1) is 12.0 Å². The van der Waals surface area contributed by atoms with Crippen LogP contribution in [0, 0.1) is 0 Å². The Balaban J connectivity index is 2.53. The normalized spacial score (nSPS) is 11.4. The third-order valence-electron chi connectivity index (χ3n) is 2.88. The number of aromatic nitrogens is 4. The van der Waals surface area contributed by atoms with Crippen LogP contribution in [0.25, 0.3) is 11.3 Å². The largest absolute Gasteiger partial charge is 0.383 e. The molecule has 0 aliphatic heterocycles. The standard InChI is InChI=1S/C12H19N5/c1-5-10-9(6-16(4)15-10)11-12(13)17(7-14-11)8(2)3/h6-8H,5,13H2,1-4H3. The zero-order chi connectivity index (χ0) is 12.6. The summed E-state index contributed by atoms with van der Waals surface area (Å²) < 4.78 is 3.78. The zero-order valence-electron chi connectivity index (χ0n) is 10.8. The molecule has 0 amide bonds. The van der Waals surface area contributed by atoms with Crippen LogP contribution in [0.15, 0.2) is 12.5 Å². The second-order valence-electron chi connectivity index (χ2n) is 4.50. The fourth-order valence-corrected chi connectivity index (χ4v) is 1.98. The molecule has 0 radical (unpaired) electrons. The summed E-state index contributed by atoms with van der Waals surface area (Å²) in [5.74, 6) is 0.711. The number of hydrogen-bond acceptors (Lipinski definition) is 3. The Kier molecular flexibility index (Phi) is 2.92. The van der Waals surface area contributed by atoms with Crippen LogP contribution >= 0.6 is 0 Å². The van der Waals surface area contributed by atoms with E-state index in [-0.39, 0.29) is 0 Å². The van der Waals surface area contributed by atoms with Gasteiger partial charge < -0.3 is 10.3 Å². The molecule has 0 saturated carbocycles. The Labute approximate surface area is 101 Å². The average Bonchev–Trinajstić information content (AvgIpc) is 2.81. The van der Waals surface area contributed by atoms with Crippen LogP contribution < -0.4 is 5.73 Å². The summed E-state index contributed by atoms with van der Waals surface area (Å²) in [6.45, 7) is 6.26. The third kappa shape index (κ3) is 1.92. The van der Waals surface area contributed by atoms with Crippen molar-refractivity contribution in [3.63, 3.8) is 0 Å². The molecule has 2 aromatic heterocycles. The molecule has 0 fully saturated rings. The minimum absolute atomic E-state index is 0.318. The molecule has 0 atom stereocenters. The van der Waals surface area contributed by atoms with Crippen LogP contribution in [0.4, 0.5) is 5.82 Å². The molecule has 2 rings (SSSR count). The van der Waals surface area contributed by atoms with Crippen molar-refractivity contribution in [1.82, 2.24) is 19.3 Å². The lowest BCUT2D eigenvalue weighted by Crippen LogP contribution is -2.04. The van der Waals surface area contributed by atoms with Crippen LogP contribution in [0.5, 0.6) is 0 Å². The van der Waals surface area contributed by atoms with E-state index in [1.165, 1.54) is 0 Å². The van der Waals surface area contributed by atoms with Crippen molar-refractivity contribution in [3.8, 4) is 11.3 Å². The maximum absolute atomic E-state index is 6.13. The summed E-state index contributed by atoms with van der Waals surface area (Å²) in [5.41, 5.74) is 9.04. The minimum Gasteiger partial charge on any atom is -0.383 e. The molecule has 0 aliphatic rings. The van der Waals surface area contributed by atoms with E-state index in [0.717, 1.165) is 23.4 Å². The molecule has 5 heteroatoms. The second kappa shape index (κ2) is 4.24. The number of hydrogen-bond donors (Lipinski definition) is 1. The lowest BCUT2D eigenvalue weighted by atomic mass is 10.1. The van der Waals surface area contributed by atoms with Crippen molar-refractivity contribution in [1.29, 1.82) is 0 Å². The molecule has 5 nitrogen and oxygen atoms in total. The Morgan fingerprint density at radius 2 is 2.12 bits per heavy atom. The molecule has 17 heavy (non-hydrogen) atoms. The highest BCUT2D eigenvalue weighted by Gasteiger charge is 2.16. The summed E-state index contributed by atoms with van der Waals surface area (Å²) in [7, 11) is 1.91. The summed E-state index contributed by atoms with van der Waals surface area (Å²) in [6, 6.07) is 0.318. The van der Waals surface area contributed by atoms with Crippen LogP contribution in [-0.2, 0) is 13.5 Å². The van der Waals surface area contributed by atoms with Gasteiger partial charge in [-0.3, -0.25) is 4.68 Å². The van der Waals surface area contributed by atoms with Gasteiger partial charge in [0, 0.05) is 24.8 Å². The SMILES string of the molecule is CCc1nn(C)cc1-c1ncn(C(C)C)c1N. The maximum atomic E-state index is 6.13. The minimum atomic E-state index is 0.318. The molecular formula is C12H19N5. The van der Waals surface area contributed by atoms with E-state index in [0.29, 0.717) is 11.9 Å². The quantitative estimate of drug-likeness (QED) is 0.882. The van der Waals surface area contributed by atoms with Gasteiger partial charge >= 0.3 is 0 Å². The Hall–Kier alpha value is -1.78. The van der Waals surface area contributed by atoms with Gasteiger partial charge in [0.15, 0.2) is 0 Å². The first-order valence-corrected chi connectivity index (χ1v) is 5.89. The summed E-state index contributed by atoms with van der Waals surface area (Å²) in [6.07, 6.45) is 4.65. The van der Waals surface area contributed by atoms with E-state index in [9.17, 15) is 0 Å². The number of nitrogens with zero attached hydrogens (tertiary/aromatic N) is 4. The predicted molar refractivity (Wildman–Crippen MR) is 68.6 cm³/mol. The monoisotopic (exact) mass is 233 g/mol. The first-order chi connectivity index (χ1) is 8.04. The van der Waals surface area contributed by atoms with Gasteiger partial charge in [-0.1, -0.05) is 6.92 Å². The fourth-order valence-electron chi connectivity index (χ4n) is 1.98. The lowest BCUT2D eigenvalue weighted by molar-refractivity contribution is 0.607. The van der Waals surface area contributed by atoms with Gasteiger partial charge in [-0.15, -0.1) is 0 Å². The number of rotatable bonds is 3. The fraction of sp³-hybridized carbons (Fsp3) is 0.500. The van der Waals surface area contributed by atoms with Crippen molar-refractivity contribution in [2.75, 3.05) is 5.73 Å². The average molecular weight is 233 g/mol. The first-order valence-electron chi connectivity index (χ1n) is 5.89. The molecule has 2 N–H and O–H groups in total. The zero-order valence-corrected chi connectivity index (χ0v) is 10.8.